The summed E-state index contributed by atoms with van der Waals surface area (Å²) in [4.78, 5) is 11.7. The summed E-state index contributed by atoms with van der Waals surface area (Å²) in [5.41, 5.74) is -1.16. The van der Waals surface area contributed by atoms with E-state index in [9.17, 15) is 4.79 Å². The molecule has 0 aromatic carbocycles. The Labute approximate surface area is 98.6 Å². The van der Waals surface area contributed by atoms with Crippen molar-refractivity contribution in [1.82, 2.24) is 10.0 Å². The number of thioether (sulfide) groups is 1. The number of hydrazine groups is 1. The van der Waals surface area contributed by atoms with E-state index in [1.807, 2.05) is 20.8 Å². The highest BCUT2D eigenvalue weighted by molar-refractivity contribution is 8.13. The topological polar surface area (TPSA) is 61.9 Å². The molecule has 1 amide bonds. The van der Waals surface area contributed by atoms with Crippen LogP contribution >= 0.6 is 23.4 Å². The summed E-state index contributed by atoms with van der Waals surface area (Å²) < 4.78 is 0. The van der Waals surface area contributed by atoms with Crippen molar-refractivity contribution in [3.63, 3.8) is 0 Å². The molecule has 15 heavy (non-hydrogen) atoms. The fraction of sp³-hybridized carbons (Fsp3) is 0.750. The first-order valence-electron chi connectivity index (χ1n) is 4.43. The Morgan fingerprint density at radius 1 is 1.53 bits per heavy atom. The summed E-state index contributed by atoms with van der Waals surface area (Å²) in [5.74, 6) is 5.19. The third kappa shape index (κ3) is 2.38. The van der Waals surface area contributed by atoms with Crippen molar-refractivity contribution in [2.24, 2.45) is 10.9 Å². The molecule has 1 aliphatic heterocycles. The highest BCUT2D eigenvalue weighted by atomic mass is 35.5. The standard InChI is InChI=1S/C8H15ClN4OS/c1-8(2,3)13-5(9)6(14)12(10)7(11-13)15-4/h5H,10H2,1-4H3. The molecule has 1 heterocycles. The van der Waals surface area contributed by atoms with Crippen molar-refractivity contribution in [2.45, 2.75) is 31.8 Å². The second-order valence-corrected chi connectivity index (χ2v) is 5.33. The zero-order chi connectivity index (χ0) is 11.8. The molecule has 1 aliphatic rings. The first-order chi connectivity index (χ1) is 6.79. The van der Waals surface area contributed by atoms with Gasteiger partial charge in [0.2, 0.25) is 10.7 Å². The molecule has 7 heteroatoms. The maximum Gasteiger partial charge on any atom is 0.282 e. The van der Waals surface area contributed by atoms with Crippen LogP contribution in [0.15, 0.2) is 5.10 Å². The van der Waals surface area contributed by atoms with Gasteiger partial charge in [0.05, 0.1) is 5.54 Å². The number of hydrogen-bond donors (Lipinski definition) is 1. The van der Waals surface area contributed by atoms with Crippen LogP contribution in [0.2, 0.25) is 0 Å². The Kier molecular flexibility index (Phi) is 3.52. The number of carbonyl (C=O) groups excluding carboxylic acids is 1. The molecule has 0 bridgehead atoms. The number of carbonyl (C=O) groups is 1. The average Bonchev–Trinajstić information content (AvgIpc) is 2.13. The van der Waals surface area contributed by atoms with Gasteiger partial charge in [0, 0.05) is 0 Å². The molecule has 0 spiro atoms. The van der Waals surface area contributed by atoms with Crippen molar-refractivity contribution in [3.05, 3.63) is 0 Å². The summed E-state index contributed by atoms with van der Waals surface area (Å²) in [6.07, 6.45) is 1.81. The van der Waals surface area contributed by atoms with Crippen molar-refractivity contribution in [1.29, 1.82) is 0 Å². The summed E-state index contributed by atoms with van der Waals surface area (Å²) in [6.45, 7) is 5.80. The molecule has 0 saturated heterocycles. The largest absolute Gasteiger partial charge is 0.282 e. The molecule has 0 aromatic heterocycles. The van der Waals surface area contributed by atoms with Gasteiger partial charge in [0.15, 0.2) is 0 Å². The van der Waals surface area contributed by atoms with Gasteiger partial charge in [0.1, 0.15) is 0 Å². The van der Waals surface area contributed by atoms with Gasteiger partial charge in [0.25, 0.3) is 5.91 Å². The molecule has 1 rings (SSSR count). The lowest BCUT2D eigenvalue weighted by atomic mass is 10.1. The lowest BCUT2D eigenvalue weighted by Gasteiger charge is -2.40. The monoisotopic (exact) mass is 250 g/mol. The van der Waals surface area contributed by atoms with Crippen LogP contribution in [0, 0.1) is 0 Å². The minimum Gasteiger partial charge on any atom is -0.269 e. The van der Waals surface area contributed by atoms with E-state index in [1.165, 1.54) is 11.8 Å². The predicted molar refractivity (Wildman–Crippen MR) is 63.2 cm³/mol. The lowest BCUT2D eigenvalue weighted by molar-refractivity contribution is -0.133. The molecule has 0 saturated carbocycles. The first-order valence-corrected chi connectivity index (χ1v) is 6.10. The minimum atomic E-state index is -0.842. The van der Waals surface area contributed by atoms with Crippen LogP contribution in [0.5, 0.6) is 0 Å². The van der Waals surface area contributed by atoms with E-state index in [4.69, 9.17) is 17.4 Å². The van der Waals surface area contributed by atoms with Gasteiger partial charge in [-0.1, -0.05) is 23.4 Å². The highest BCUT2D eigenvalue weighted by Gasteiger charge is 2.39. The van der Waals surface area contributed by atoms with Gasteiger partial charge in [-0.2, -0.15) is 0 Å². The number of nitrogens with two attached hydrogens (primary N) is 1. The molecule has 5 nitrogen and oxygen atoms in total. The second-order valence-electron chi connectivity index (χ2n) is 4.15. The Morgan fingerprint density at radius 2 is 2.07 bits per heavy atom. The quantitative estimate of drug-likeness (QED) is 0.302. The Hall–Kier alpha value is -0.460. The van der Waals surface area contributed by atoms with E-state index < -0.39 is 5.50 Å². The zero-order valence-corrected chi connectivity index (χ0v) is 10.8. The SMILES string of the molecule is CSC1=NN(C(C)(C)C)C(Cl)C(=O)N1N. The molecular weight excluding hydrogens is 236 g/mol. The number of halogens is 1. The van der Waals surface area contributed by atoms with Crippen LogP contribution in [-0.2, 0) is 4.79 Å². The van der Waals surface area contributed by atoms with E-state index >= 15 is 0 Å². The van der Waals surface area contributed by atoms with Crippen molar-refractivity contribution in [3.8, 4) is 0 Å². The Balaban J connectivity index is 3.09. The summed E-state index contributed by atoms with van der Waals surface area (Å²) in [7, 11) is 0. The van der Waals surface area contributed by atoms with Crippen LogP contribution < -0.4 is 5.84 Å². The van der Waals surface area contributed by atoms with E-state index in [-0.39, 0.29) is 11.4 Å². The summed E-state index contributed by atoms with van der Waals surface area (Å²) >= 11 is 7.28. The molecular formula is C8H15ClN4OS. The van der Waals surface area contributed by atoms with E-state index in [1.54, 1.807) is 11.3 Å². The minimum absolute atomic E-state index is 0.315. The normalized spacial score (nSPS) is 23.2. The molecule has 1 atom stereocenters. The summed E-state index contributed by atoms with van der Waals surface area (Å²) in [6, 6.07) is 0. The maximum atomic E-state index is 11.7. The third-order valence-electron chi connectivity index (χ3n) is 1.93. The molecule has 0 aliphatic carbocycles. The van der Waals surface area contributed by atoms with Crippen LogP contribution in [-0.4, -0.2) is 38.4 Å². The average molecular weight is 251 g/mol. The van der Waals surface area contributed by atoms with Gasteiger partial charge >= 0.3 is 0 Å². The molecule has 86 valence electrons. The Bertz CT molecular complexity index is 302. The number of amides is 1. The molecule has 0 aromatic rings. The van der Waals surface area contributed by atoms with Gasteiger partial charge in [-0.05, 0) is 27.0 Å². The number of alkyl halides is 1. The maximum absolute atomic E-state index is 11.7. The van der Waals surface area contributed by atoms with Gasteiger partial charge in [-0.15, -0.1) is 5.10 Å². The van der Waals surface area contributed by atoms with Gasteiger partial charge in [-0.3, -0.25) is 9.80 Å². The lowest BCUT2D eigenvalue weighted by Crippen LogP contribution is -2.58. The number of nitrogens with zero attached hydrogens (tertiary/aromatic N) is 3. The van der Waals surface area contributed by atoms with E-state index in [0.29, 0.717) is 5.17 Å². The smallest absolute Gasteiger partial charge is 0.269 e. The number of rotatable bonds is 0. The van der Waals surface area contributed by atoms with Crippen LogP contribution in [0.4, 0.5) is 0 Å². The van der Waals surface area contributed by atoms with Crippen LogP contribution in [0.3, 0.4) is 0 Å². The fourth-order valence-corrected chi connectivity index (χ4v) is 2.03. The molecule has 0 radical (unpaired) electrons. The number of amidine groups is 1. The van der Waals surface area contributed by atoms with Crippen molar-refractivity contribution < 1.29 is 4.79 Å². The summed E-state index contributed by atoms with van der Waals surface area (Å²) in [5, 5.41) is 7.25. The second kappa shape index (κ2) is 4.19. The zero-order valence-electron chi connectivity index (χ0n) is 9.19. The van der Waals surface area contributed by atoms with Crippen LogP contribution in [0.1, 0.15) is 20.8 Å². The molecule has 0 fully saturated rings. The fourth-order valence-electron chi connectivity index (χ4n) is 1.13. The van der Waals surface area contributed by atoms with Crippen molar-refractivity contribution >= 4 is 34.4 Å². The van der Waals surface area contributed by atoms with E-state index in [0.717, 1.165) is 5.01 Å². The van der Waals surface area contributed by atoms with E-state index in [2.05, 4.69) is 5.10 Å². The third-order valence-corrected chi connectivity index (χ3v) is 2.94. The van der Waals surface area contributed by atoms with Gasteiger partial charge in [-0.25, -0.2) is 10.9 Å². The number of hydrogen-bond acceptors (Lipinski definition) is 5. The predicted octanol–water partition coefficient (Wildman–Crippen LogP) is 1.00. The van der Waals surface area contributed by atoms with Gasteiger partial charge < -0.3 is 0 Å². The Morgan fingerprint density at radius 3 is 2.47 bits per heavy atom. The first kappa shape index (κ1) is 12.6. The molecule has 1 unspecified atom stereocenters. The highest BCUT2D eigenvalue weighted by Crippen LogP contribution is 2.26. The van der Waals surface area contributed by atoms with Crippen LogP contribution in [0.25, 0.3) is 0 Å². The molecule has 2 N–H and O–H groups in total. The van der Waals surface area contributed by atoms with Crippen molar-refractivity contribution in [2.75, 3.05) is 6.26 Å². The number of hydrazone groups is 1.